The van der Waals surface area contributed by atoms with Gasteiger partial charge < -0.3 is 10.5 Å². The van der Waals surface area contributed by atoms with E-state index in [4.69, 9.17) is 10.5 Å². The summed E-state index contributed by atoms with van der Waals surface area (Å²) in [5, 5.41) is 0. The SMILES string of the molecule is Cc1ccc(OCc2ccc(F)cc2F)c(CCN)c1. The molecular formula is C16H17F2NO. The Balaban J connectivity index is 2.14. The fourth-order valence-electron chi connectivity index (χ4n) is 1.99. The number of ether oxygens (including phenoxy) is 1. The Morgan fingerprint density at radius 3 is 2.55 bits per heavy atom. The summed E-state index contributed by atoms with van der Waals surface area (Å²) in [5.41, 5.74) is 8.01. The summed E-state index contributed by atoms with van der Waals surface area (Å²) in [6.07, 6.45) is 0.697. The van der Waals surface area contributed by atoms with Gasteiger partial charge in [0.2, 0.25) is 0 Å². The first-order chi connectivity index (χ1) is 9.60. The second-order valence-electron chi connectivity index (χ2n) is 4.67. The van der Waals surface area contributed by atoms with Gasteiger partial charge in [0.1, 0.15) is 24.0 Å². The van der Waals surface area contributed by atoms with Gasteiger partial charge >= 0.3 is 0 Å². The van der Waals surface area contributed by atoms with Crippen molar-refractivity contribution in [3.63, 3.8) is 0 Å². The van der Waals surface area contributed by atoms with Crippen molar-refractivity contribution in [3.8, 4) is 5.75 Å². The molecular weight excluding hydrogens is 260 g/mol. The molecule has 0 heterocycles. The van der Waals surface area contributed by atoms with Crippen molar-refractivity contribution < 1.29 is 13.5 Å². The van der Waals surface area contributed by atoms with E-state index < -0.39 is 11.6 Å². The van der Waals surface area contributed by atoms with Crippen LogP contribution in [0, 0.1) is 18.6 Å². The molecule has 2 rings (SSSR count). The normalized spacial score (nSPS) is 10.6. The average Bonchev–Trinajstić information content (AvgIpc) is 2.40. The molecule has 0 atom stereocenters. The monoisotopic (exact) mass is 277 g/mol. The predicted molar refractivity (Wildman–Crippen MR) is 74.6 cm³/mol. The van der Waals surface area contributed by atoms with Crippen molar-refractivity contribution in [2.24, 2.45) is 5.73 Å². The zero-order valence-electron chi connectivity index (χ0n) is 11.3. The average molecular weight is 277 g/mol. The third-order valence-corrected chi connectivity index (χ3v) is 3.03. The Bertz CT molecular complexity index is 599. The molecule has 0 radical (unpaired) electrons. The first-order valence-electron chi connectivity index (χ1n) is 6.46. The lowest BCUT2D eigenvalue weighted by molar-refractivity contribution is 0.296. The number of rotatable bonds is 5. The summed E-state index contributed by atoms with van der Waals surface area (Å²) >= 11 is 0. The number of aryl methyl sites for hydroxylation is 1. The molecule has 0 aromatic heterocycles. The molecule has 4 heteroatoms. The second kappa shape index (κ2) is 6.48. The lowest BCUT2D eigenvalue weighted by Crippen LogP contribution is -2.06. The first kappa shape index (κ1) is 14.5. The van der Waals surface area contributed by atoms with E-state index in [0.29, 0.717) is 24.3 Å². The van der Waals surface area contributed by atoms with Gasteiger partial charge in [-0.3, -0.25) is 0 Å². The van der Waals surface area contributed by atoms with Gasteiger partial charge in [-0.1, -0.05) is 17.7 Å². The topological polar surface area (TPSA) is 35.2 Å². The highest BCUT2D eigenvalue weighted by Gasteiger charge is 2.07. The molecule has 2 N–H and O–H groups in total. The van der Waals surface area contributed by atoms with E-state index in [-0.39, 0.29) is 6.61 Å². The molecule has 0 aliphatic carbocycles. The molecule has 2 nitrogen and oxygen atoms in total. The van der Waals surface area contributed by atoms with Crippen LogP contribution >= 0.6 is 0 Å². The molecule has 20 heavy (non-hydrogen) atoms. The van der Waals surface area contributed by atoms with Crippen LogP contribution in [0.3, 0.4) is 0 Å². The van der Waals surface area contributed by atoms with Crippen LogP contribution in [-0.4, -0.2) is 6.54 Å². The highest BCUT2D eigenvalue weighted by atomic mass is 19.1. The Morgan fingerprint density at radius 2 is 1.85 bits per heavy atom. The van der Waals surface area contributed by atoms with Gasteiger partial charge in [0, 0.05) is 11.6 Å². The number of halogens is 2. The quantitative estimate of drug-likeness (QED) is 0.909. The fraction of sp³-hybridized carbons (Fsp3) is 0.250. The molecule has 0 saturated carbocycles. The van der Waals surface area contributed by atoms with Gasteiger partial charge in [-0.2, -0.15) is 0 Å². The van der Waals surface area contributed by atoms with E-state index in [1.165, 1.54) is 12.1 Å². The summed E-state index contributed by atoms with van der Waals surface area (Å²) < 4.78 is 32.0. The third kappa shape index (κ3) is 3.54. The van der Waals surface area contributed by atoms with Gasteiger partial charge in [-0.25, -0.2) is 8.78 Å². The molecule has 0 spiro atoms. The van der Waals surface area contributed by atoms with E-state index >= 15 is 0 Å². The second-order valence-corrected chi connectivity index (χ2v) is 4.67. The van der Waals surface area contributed by atoms with Gasteiger partial charge in [0.25, 0.3) is 0 Å². The van der Waals surface area contributed by atoms with Crippen LogP contribution in [-0.2, 0) is 13.0 Å². The van der Waals surface area contributed by atoms with Crippen LogP contribution in [0.15, 0.2) is 36.4 Å². The minimum absolute atomic E-state index is 0.0622. The van der Waals surface area contributed by atoms with Crippen molar-refractivity contribution in [2.45, 2.75) is 20.0 Å². The first-order valence-corrected chi connectivity index (χ1v) is 6.46. The number of benzene rings is 2. The predicted octanol–water partition coefficient (Wildman–Crippen LogP) is 3.35. The Kier molecular flexibility index (Phi) is 4.69. The largest absolute Gasteiger partial charge is 0.489 e. The summed E-state index contributed by atoms with van der Waals surface area (Å²) in [4.78, 5) is 0. The maximum absolute atomic E-state index is 13.5. The molecule has 2 aromatic rings. The minimum atomic E-state index is -0.600. The Morgan fingerprint density at radius 1 is 1.05 bits per heavy atom. The van der Waals surface area contributed by atoms with Crippen LogP contribution in [0.25, 0.3) is 0 Å². The third-order valence-electron chi connectivity index (χ3n) is 3.03. The number of hydrogen-bond acceptors (Lipinski definition) is 2. The van der Waals surface area contributed by atoms with E-state index in [2.05, 4.69) is 0 Å². The van der Waals surface area contributed by atoms with Crippen LogP contribution < -0.4 is 10.5 Å². The number of hydrogen-bond donors (Lipinski definition) is 1. The van der Waals surface area contributed by atoms with Gasteiger partial charge in [-0.15, -0.1) is 0 Å². The lowest BCUT2D eigenvalue weighted by atomic mass is 10.1. The van der Waals surface area contributed by atoms with Crippen molar-refractivity contribution in [2.75, 3.05) is 6.54 Å². The maximum atomic E-state index is 13.5. The highest BCUT2D eigenvalue weighted by Crippen LogP contribution is 2.22. The molecule has 106 valence electrons. The summed E-state index contributed by atoms with van der Waals surface area (Å²) in [5.74, 6) is -0.507. The van der Waals surface area contributed by atoms with E-state index in [9.17, 15) is 8.78 Å². The van der Waals surface area contributed by atoms with Crippen LogP contribution in [0.2, 0.25) is 0 Å². The van der Waals surface area contributed by atoms with Crippen LogP contribution in [0.1, 0.15) is 16.7 Å². The molecule has 0 saturated heterocycles. The van der Waals surface area contributed by atoms with Gasteiger partial charge in [0.05, 0.1) is 0 Å². The fourth-order valence-corrected chi connectivity index (χ4v) is 1.99. The lowest BCUT2D eigenvalue weighted by Gasteiger charge is -2.12. The molecule has 0 fully saturated rings. The van der Waals surface area contributed by atoms with Crippen molar-refractivity contribution in [1.82, 2.24) is 0 Å². The summed E-state index contributed by atoms with van der Waals surface area (Å²) in [7, 11) is 0. The maximum Gasteiger partial charge on any atom is 0.132 e. The van der Waals surface area contributed by atoms with E-state index in [1.54, 1.807) is 0 Å². The van der Waals surface area contributed by atoms with E-state index in [0.717, 1.165) is 17.2 Å². The van der Waals surface area contributed by atoms with Crippen LogP contribution in [0.4, 0.5) is 8.78 Å². The zero-order valence-corrected chi connectivity index (χ0v) is 11.3. The minimum Gasteiger partial charge on any atom is -0.489 e. The van der Waals surface area contributed by atoms with Crippen LogP contribution in [0.5, 0.6) is 5.75 Å². The standard InChI is InChI=1S/C16H17F2NO/c1-11-2-5-16(12(8-11)6-7-19)20-10-13-3-4-14(17)9-15(13)18/h2-5,8-9H,6-7,10,19H2,1H3. The van der Waals surface area contributed by atoms with E-state index in [1.807, 2.05) is 25.1 Å². The van der Waals surface area contributed by atoms with Crippen molar-refractivity contribution in [1.29, 1.82) is 0 Å². The molecule has 0 aliphatic heterocycles. The number of nitrogens with two attached hydrogens (primary N) is 1. The molecule has 0 unspecified atom stereocenters. The zero-order chi connectivity index (χ0) is 14.5. The smallest absolute Gasteiger partial charge is 0.132 e. The van der Waals surface area contributed by atoms with Gasteiger partial charge in [-0.05, 0) is 43.7 Å². The summed E-state index contributed by atoms with van der Waals surface area (Å²) in [6, 6.07) is 9.25. The molecule has 2 aromatic carbocycles. The van der Waals surface area contributed by atoms with Crippen molar-refractivity contribution in [3.05, 3.63) is 64.7 Å². The van der Waals surface area contributed by atoms with Crippen molar-refractivity contribution >= 4 is 0 Å². The summed E-state index contributed by atoms with van der Waals surface area (Å²) in [6.45, 7) is 2.57. The van der Waals surface area contributed by atoms with Gasteiger partial charge in [0.15, 0.2) is 0 Å². The Labute approximate surface area is 117 Å². The molecule has 0 bridgehead atoms. The molecule has 0 amide bonds. The highest BCUT2D eigenvalue weighted by molar-refractivity contribution is 5.37. The molecule has 0 aliphatic rings. The Hall–Kier alpha value is -1.94.